The molecule has 1 atom stereocenters. The van der Waals surface area contributed by atoms with Gasteiger partial charge in [-0.1, -0.05) is 0 Å². The van der Waals surface area contributed by atoms with Crippen LogP contribution in [0.4, 0.5) is 5.82 Å². The summed E-state index contributed by atoms with van der Waals surface area (Å²) in [6, 6.07) is 1.32. The average molecular weight is 385 g/mol. The second-order valence-corrected chi connectivity index (χ2v) is 8.10. The van der Waals surface area contributed by atoms with Crippen LogP contribution < -0.4 is 5.32 Å². The molecule has 144 valence electrons. The Kier molecular flexibility index (Phi) is 6.07. The Bertz CT molecular complexity index is 742. The first-order chi connectivity index (χ1) is 12.5. The lowest BCUT2D eigenvalue weighted by Gasteiger charge is -2.27. The van der Waals surface area contributed by atoms with Crippen LogP contribution in [0.15, 0.2) is 17.2 Å². The molecule has 26 heavy (non-hydrogen) atoms. The zero-order valence-corrected chi connectivity index (χ0v) is 15.5. The van der Waals surface area contributed by atoms with Crippen molar-refractivity contribution in [2.75, 3.05) is 58.5 Å². The summed E-state index contributed by atoms with van der Waals surface area (Å²) in [7, 11) is -2.57. The fourth-order valence-electron chi connectivity index (χ4n) is 2.91. The molecule has 0 saturated carbocycles. The lowest BCUT2D eigenvalue weighted by Crippen LogP contribution is -2.41. The molecule has 9 nitrogen and oxygen atoms in total. The Morgan fingerprint density at radius 3 is 2.77 bits per heavy atom. The number of hydrogen-bond acceptors (Lipinski definition) is 8. The molecule has 10 heteroatoms. The molecule has 0 radical (unpaired) electrons. The van der Waals surface area contributed by atoms with Gasteiger partial charge in [-0.2, -0.15) is 4.31 Å². The van der Waals surface area contributed by atoms with E-state index in [0.717, 1.165) is 6.42 Å². The predicted molar refractivity (Wildman–Crippen MR) is 92.6 cm³/mol. The molecule has 1 aromatic heterocycles. The van der Waals surface area contributed by atoms with Crippen molar-refractivity contribution >= 4 is 21.8 Å². The quantitative estimate of drug-likeness (QED) is 0.699. The number of esters is 1. The van der Waals surface area contributed by atoms with Crippen LogP contribution in [0.2, 0.25) is 0 Å². The van der Waals surface area contributed by atoms with Crippen LogP contribution >= 0.6 is 0 Å². The van der Waals surface area contributed by atoms with E-state index in [-0.39, 0.29) is 29.4 Å². The van der Waals surface area contributed by atoms with E-state index >= 15 is 0 Å². The van der Waals surface area contributed by atoms with E-state index in [9.17, 15) is 13.2 Å². The molecule has 2 aliphatic heterocycles. The highest BCUT2D eigenvalue weighted by molar-refractivity contribution is 7.89. The number of rotatable bonds is 6. The Labute approximate surface area is 152 Å². The van der Waals surface area contributed by atoms with E-state index in [0.29, 0.717) is 38.9 Å². The summed E-state index contributed by atoms with van der Waals surface area (Å²) in [4.78, 5) is 16.0. The van der Waals surface area contributed by atoms with Gasteiger partial charge < -0.3 is 19.5 Å². The third-order valence-corrected chi connectivity index (χ3v) is 6.36. The van der Waals surface area contributed by atoms with Gasteiger partial charge in [0.15, 0.2) is 0 Å². The van der Waals surface area contributed by atoms with Crippen molar-refractivity contribution in [3.8, 4) is 0 Å². The monoisotopic (exact) mass is 385 g/mol. The summed E-state index contributed by atoms with van der Waals surface area (Å²) in [5, 5.41) is 3.10. The number of sulfonamides is 1. The molecular formula is C16H23N3O6S. The van der Waals surface area contributed by atoms with E-state index in [1.165, 1.54) is 23.7 Å². The maximum atomic E-state index is 13.1. The van der Waals surface area contributed by atoms with E-state index in [4.69, 9.17) is 9.47 Å². The molecule has 0 unspecified atom stereocenters. The molecule has 1 N–H and O–H groups in total. The summed E-state index contributed by atoms with van der Waals surface area (Å²) >= 11 is 0. The van der Waals surface area contributed by atoms with Crippen molar-refractivity contribution in [3.63, 3.8) is 0 Å². The molecule has 0 bridgehead atoms. The lowest BCUT2D eigenvalue weighted by molar-refractivity contribution is 0.0600. The summed E-state index contributed by atoms with van der Waals surface area (Å²) in [6.45, 7) is 3.10. The fourth-order valence-corrected chi connectivity index (χ4v) is 4.47. The average Bonchev–Trinajstić information content (AvgIpc) is 3.20. The minimum absolute atomic E-state index is 0.0267. The number of nitrogens with one attached hydrogen (secondary N) is 1. The minimum Gasteiger partial charge on any atom is -0.465 e. The van der Waals surface area contributed by atoms with Crippen LogP contribution in [-0.2, 0) is 24.2 Å². The third-order valence-electron chi connectivity index (χ3n) is 4.44. The van der Waals surface area contributed by atoms with E-state index in [1.54, 1.807) is 0 Å². The van der Waals surface area contributed by atoms with Crippen LogP contribution in [0, 0.1) is 5.92 Å². The molecular weight excluding hydrogens is 362 g/mol. The molecule has 3 heterocycles. The minimum atomic E-state index is -3.81. The number of carbonyl (C=O) groups excluding carboxylic acids is 1. The van der Waals surface area contributed by atoms with Crippen LogP contribution in [-0.4, -0.2) is 76.8 Å². The van der Waals surface area contributed by atoms with Gasteiger partial charge in [-0.15, -0.1) is 0 Å². The summed E-state index contributed by atoms with van der Waals surface area (Å²) in [5.41, 5.74) is 0.0917. The Balaban J connectivity index is 1.90. The van der Waals surface area contributed by atoms with Crippen molar-refractivity contribution in [3.05, 3.63) is 17.8 Å². The molecule has 0 spiro atoms. The normalized spacial score (nSPS) is 21.5. The number of nitrogens with zero attached hydrogens (tertiary/aromatic N) is 2. The molecule has 0 aromatic carbocycles. The maximum Gasteiger partial charge on any atom is 0.339 e. The molecule has 1 aromatic rings. The molecule has 0 amide bonds. The second kappa shape index (κ2) is 8.30. The van der Waals surface area contributed by atoms with E-state index in [2.05, 4.69) is 15.0 Å². The van der Waals surface area contributed by atoms with Gasteiger partial charge in [0.1, 0.15) is 10.7 Å². The second-order valence-electron chi connectivity index (χ2n) is 6.19. The first-order valence-corrected chi connectivity index (χ1v) is 9.94. The molecule has 2 saturated heterocycles. The number of anilines is 1. The van der Waals surface area contributed by atoms with Gasteiger partial charge in [-0.25, -0.2) is 18.2 Å². The first-order valence-electron chi connectivity index (χ1n) is 8.50. The maximum absolute atomic E-state index is 13.1. The van der Waals surface area contributed by atoms with Crippen molar-refractivity contribution in [1.29, 1.82) is 0 Å². The number of pyridine rings is 1. The highest BCUT2D eigenvalue weighted by Gasteiger charge is 2.30. The van der Waals surface area contributed by atoms with Gasteiger partial charge in [0.2, 0.25) is 10.0 Å². The Morgan fingerprint density at radius 1 is 1.35 bits per heavy atom. The van der Waals surface area contributed by atoms with Crippen molar-refractivity contribution in [2.45, 2.75) is 11.3 Å². The Morgan fingerprint density at radius 2 is 2.12 bits per heavy atom. The largest absolute Gasteiger partial charge is 0.465 e. The third kappa shape index (κ3) is 4.14. The number of methoxy groups -OCH3 is 1. The molecule has 2 fully saturated rings. The highest BCUT2D eigenvalue weighted by Crippen LogP contribution is 2.26. The standard InChI is InChI=1S/C16H23N3O6S/c1-23-16(20)13-8-14(26(21,22)19-3-6-24-7-4-19)15(18-10-13)17-9-12-2-5-25-11-12/h8,10,12H,2-7,9,11H2,1H3,(H,17,18)/t12-/m1/s1. The lowest BCUT2D eigenvalue weighted by atomic mass is 10.1. The number of ether oxygens (including phenoxy) is 3. The fraction of sp³-hybridized carbons (Fsp3) is 0.625. The first kappa shape index (κ1) is 19.0. The van der Waals surface area contributed by atoms with Crippen molar-refractivity contribution in [1.82, 2.24) is 9.29 Å². The van der Waals surface area contributed by atoms with Crippen LogP contribution in [0.5, 0.6) is 0 Å². The molecule has 0 aliphatic carbocycles. The topological polar surface area (TPSA) is 107 Å². The molecule has 3 rings (SSSR count). The summed E-state index contributed by atoms with van der Waals surface area (Å²) in [6.07, 6.45) is 2.23. The van der Waals surface area contributed by atoms with Crippen molar-refractivity contribution in [2.24, 2.45) is 5.92 Å². The Hall–Kier alpha value is -1.75. The van der Waals surface area contributed by atoms with Gasteiger partial charge in [0.25, 0.3) is 0 Å². The van der Waals surface area contributed by atoms with E-state index < -0.39 is 16.0 Å². The number of carbonyl (C=O) groups is 1. The van der Waals surface area contributed by atoms with Gasteiger partial charge in [-0.05, 0) is 12.5 Å². The van der Waals surface area contributed by atoms with E-state index in [1.807, 2.05) is 0 Å². The van der Waals surface area contributed by atoms with Gasteiger partial charge >= 0.3 is 5.97 Å². The van der Waals surface area contributed by atoms with Gasteiger partial charge in [0, 0.05) is 38.4 Å². The highest BCUT2D eigenvalue weighted by atomic mass is 32.2. The smallest absolute Gasteiger partial charge is 0.339 e. The number of hydrogen-bond donors (Lipinski definition) is 1. The number of aromatic nitrogens is 1. The van der Waals surface area contributed by atoms with Gasteiger partial charge in [-0.3, -0.25) is 0 Å². The summed E-state index contributed by atoms with van der Waals surface area (Å²) in [5.74, 6) is -0.0984. The molecule has 2 aliphatic rings. The zero-order valence-electron chi connectivity index (χ0n) is 14.6. The van der Waals surface area contributed by atoms with Gasteiger partial charge in [0.05, 0.1) is 32.5 Å². The SMILES string of the molecule is COC(=O)c1cnc(NC[C@H]2CCOC2)c(S(=O)(=O)N2CCOCC2)c1. The predicted octanol–water partition coefficient (Wildman–Crippen LogP) is 0.338. The van der Waals surface area contributed by atoms with Crippen LogP contribution in [0.25, 0.3) is 0 Å². The van der Waals surface area contributed by atoms with Crippen molar-refractivity contribution < 1.29 is 27.4 Å². The van der Waals surface area contributed by atoms with Crippen LogP contribution in [0.3, 0.4) is 0 Å². The van der Waals surface area contributed by atoms with Crippen LogP contribution in [0.1, 0.15) is 16.8 Å². The summed E-state index contributed by atoms with van der Waals surface area (Å²) < 4.78 is 42.8. The number of morpholine rings is 1. The zero-order chi connectivity index (χ0) is 18.6.